The van der Waals surface area contributed by atoms with E-state index in [1.54, 1.807) is 0 Å². The molecule has 2 aliphatic heterocycles. The highest BCUT2D eigenvalue weighted by Crippen LogP contribution is 2.45. The Morgan fingerprint density at radius 3 is 1.72 bits per heavy atom. The van der Waals surface area contributed by atoms with Crippen molar-refractivity contribution in [1.29, 1.82) is 0 Å². The Balaban J connectivity index is 1.54. The van der Waals surface area contributed by atoms with E-state index in [2.05, 4.69) is 72.0 Å². The summed E-state index contributed by atoms with van der Waals surface area (Å²) in [7, 11) is -0.506. The molecule has 0 amide bonds. The maximum atomic E-state index is 3.81. The maximum Gasteiger partial charge on any atom is 0.236 e. The third kappa shape index (κ3) is 3.93. The molecule has 0 N–H and O–H groups in total. The molecule has 126 valence electrons. The molecule has 0 spiro atoms. The van der Waals surface area contributed by atoms with Gasteiger partial charge in [-0.3, -0.25) is 0 Å². The van der Waals surface area contributed by atoms with Gasteiger partial charge in [0.25, 0.3) is 0 Å². The molecule has 2 aromatic carbocycles. The molecule has 2 aromatic rings. The number of fused-ring (bicyclic) bond motifs is 2. The van der Waals surface area contributed by atoms with Crippen LogP contribution in [0.3, 0.4) is 0 Å². The molecule has 25 heavy (non-hydrogen) atoms. The van der Waals surface area contributed by atoms with Gasteiger partial charge in [-0.1, -0.05) is 99.2 Å². The summed E-state index contributed by atoms with van der Waals surface area (Å²) < 4.78 is 0. The number of hydrogen-bond donors (Lipinski definition) is 0. The van der Waals surface area contributed by atoms with Crippen molar-refractivity contribution in [3.8, 4) is 11.4 Å². The Morgan fingerprint density at radius 1 is 0.760 bits per heavy atom. The van der Waals surface area contributed by atoms with Gasteiger partial charge in [0.15, 0.2) is 0 Å². The molecule has 0 nitrogen and oxygen atoms in total. The summed E-state index contributed by atoms with van der Waals surface area (Å²) in [5.74, 6) is 5.61. The van der Waals surface area contributed by atoms with E-state index in [1.165, 1.54) is 49.7 Å². The molecule has 2 bridgehead atoms. The van der Waals surface area contributed by atoms with Gasteiger partial charge in [-0.2, -0.15) is 11.4 Å². The van der Waals surface area contributed by atoms with E-state index in [0.717, 1.165) is 11.6 Å². The Labute approximate surface area is 155 Å². The van der Waals surface area contributed by atoms with Gasteiger partial charge in [0.1, 0.15) is 9.52 Å². The molecule has 0 aromatic heterocycles. The number of rotatable bonds is 3. The van der Waals surface area contributed by atoms with Crippen molar-refractivity contribution in [3.05, 3.63) is 71.8 Å². The standard InChI is InChI=1S/C23H27BSi/c1-3-9-19(10-4-1)23(20-11-5-2-6-12-20)25-18-17-24-21-13-7-14-22(24)16-8-15-21/h1-6,9-12,21-23H,7-8,13-16,25H2. The molecule has 2 saturated heterocycles. The molecule has 4 rings (SSSR count). The fourth-order valence-electron chi connectivity index (χ4n) is 4.99. The van der Waals surface area contributed by atoms with Crippen molar-refractivity contribution >= 4 is 16.2 Å². The summed E-state index contributed by atoms with van der Waals surface area (Å²) in [4.78, 5) is 0. The highest BCUT2D eigenvalue weighted by Gasteiger charge is 2.38. The molecule has 0 saturated carbocycles. The van der Waals surface area contributed by atoms with Crippen LogP contribution in [0.2, 0.25) is 11.6 Å². The van der Waals surface area contributed by atoms with Gasteiger partial charge in [-0.05, 0) is 22.8 Å². The lowest BCUT2D eigenvalue weighted by Crippen LogP contribution is -2.33. The largest absolute Gasteiger partial charge is 0.236 e. The first-order chi connectivity index (χ1) is 12.4. The average Bonchev–Trinajstić information content (AvgIpc) is 2.66. The highest BCUT2D eigenvalue weighted by molar-refractivity contribution is 6.72. The van der Waals surface area contributed by atoms with E-state index >= 15 is 0 Å². The second-order valence-corrected chi connectivity index (χ2v) is 9.39. The molecule has 0 aliphatic carbocycles. The molecule has 0 unspecified atom stereocenters. The monoisotopic (exact) mass is 342 g/mol. The first kappa shape index (κ1) is 16.7. The van der Waals surface area contributed by atoms with E-state index in [4.69, 9.17) is 0 Å². The summed E-state index contributed by atoms with van der Waals surface area (Å²) >= 11 is 0. The van der Waals surface area contributed by atoms with Crippen LogP contribution in [-0.4, -0.2) is 16.2 Å². The Hall–Kier alpha value is -1.72. The predicted molar refractivity (Wildman–Crippen MR) is 112 cm³/mol. The van der Waals surface area contributed by atoms with Crippen LogP contribution in [0, 0.1) is 11.4 Å². The van der Waals surface area contributed by atoms with E-state index in [9.17, 15) is 0 Å². The van der Waals surface area contributed by atoms with Crippen molar-refractivity contribution < 1.29 is 0 Å². The van der Waals surface area contributed by atoms with E-state index < -0.39 is 9.52 Å². The predicted octanol–water partition coefficient (Wildman–Crippen LogP) is 5.05. The van der Waals surface area contributed by atoms with Crippen LogP contribution < -0.4 is 0 Å². The van der Waals surface area contributed by atoms with Crippen LogP contribution in [0.15, 0.2) is 60.7 Å². The second kappa shape index (κ2) is 8.11. The van der Waals surface area contributed by atoms with Gasteiger partial charge in [-0.25, -0.2) is 0 Å². The topological polar surface area (TPSA) is 0 Å². The molecule has 0 radical (unpaired) electrons. The van der Waals surface area contributed by atoms with Gasteiger partial charge >= 0.3 is 0 Å². The molecule has 2 fully saturated rings. The minimum atomic E-state index is -0.506. The summed E-state index contributed by atoms with van der Waals surface area (Å²) in [6, 6.07) is 22.0. The lowest BCUT2D eigenvalue weighted by Gasteiger charge is -2.37. The summed E-state index contributed by atoms with van der Waals surface area (Å²) in [5.41, 5.74) is 7.18. The van der Waals surface area contributed by atoms with Crippen molar-refractivity contribution in [2.75, 3.05) is 0 Å². The third-order valence-electron chi connectivity index (χ3n) is 6.29. The first-order valence-corrected chi connectivity index (χ1v) is 11.5. The fraction of sp³-hybridized carbons (Fsp3) is 0.391. The van der Waals surface area contributed by atoms with Crippen LogP contribution in [0.1, 0.15) is 55.2 Å². The first-order valence-electron chi connectivity index (χ1n) is 10.00. The Morgan fingerprint density at radius 2 is 1.24 bits per heavy atom. The SMILES string of the molecule is C(#CB1C2CCCC1CCC2)[SiH2]C(c1ccccc1)c1ccccc1. The molecule has 2 aliphatic rings. The van der Waals surface area contributed by atoms with Crippen molar-refractivity contribution in [1.82, 2.24) is 0 Å². The summed E-state index contributed by atoms with van der Waals surface area (Å²) in [6.07, 6.45) is 8.61. The van der Waals surface area contributed by atoms with E-state index in [0.29, 0.717) is 12.3 Å². The smallest absolute Gasteiger partial charge is 0.162 e. The molecular weight excluding hydrogens is 315 g/mol. The lowest BCUT2D eigenvalue weighted by molar-refractivity contribution is 0.448. The average molecular weight is 342 g/mol. The van der Waals surface area contributed by atoms with Gasteiger partial charge < -0.3 is 0 Å². The van der Waals surface area contributed by atoms with Crippen molar-refractivity contribution in [2.24, 2.45) is 0 Å². The van der Waals surface area contributed by atoms with Gasteiger partial charge in [0.05, 0.1) is 0 Å². The lowest BCUT2D eigenvalue weighted by atomic mass is 9.28. The van der Waals surface area contributed by atoms with Crippen LogP contribution >= 0.6 is 0 Å². The van der Waals surface area contributed by atoms with Crippen LogP contribution in [0.4, 0.5) is 0 Å². The number of benzene rings is 2. The fourth-order valence-corrected chi connectivity index (χ4v) is 6.56. The summed E-state index contributed by atoms with van der Waals surface area (Å²) in [5, 5.41) is 0. The minimum Gasteiger partial charge on any atom is -0.162 e. The quantitative estimate of drug-likeness (QED) is 0.541. The normalized spacial score (nSPS) is 22.8. The zero-order valence-electron chi connectivity index (χ0n) is 15.0. The van der Waals surface area contributed by atoms with Crippen LogP contribution in [0.5, 0.6) is 0 Å². The van der Waals surface area contributed by atoms with Gasteiger partial charge in [0, 0.05) is 5.54 Å². The second-order valence-electron chi connectivity index (χ2n) is 7.81. The highest BCUT2D eigenvalue weighted by atomic mass is 28.2. The Bertz CT molecular complexity index is 669. The van der Waals surface area contributed by atoms with Gasteiger partial charge in [0.2, 0.25) is 6.71 Å². The van der Waals surface area contributed by atoms with Crippen LogP contribution in [0.25, 0.3) is 0 Å². The van der Waals surface area contributed by atoms with Crippen molar-refractivity contribution in [3.63, 3.8) is 0 Å². The zero-order valence-corrected chi connectivity index (χ0v) is 16.4. The Kier molecular flexibility index (Phi) is 5.43. The molecule has 2 heteroatoms. The zero-order chi connectivity index (χ0) is 16.9. The molecule has 2 heterocycles. The third-order valence-corrected chi connectivity index (χ3v) is 8.05. The maximum absolute atomic E-state index is 3.81. The minimum absolute atomic E-state index is 0.506. The molecular formula is C23H27BSi. The van der Waals surface area contributed by atoms with Gasteiger partial charge in [-0.15, -0.1) is 0 Å². The summed E-state index contributed by atoms with van der Waals surface area (Å²) in [6.45, 7) is 0.710. The molecule has 0 atom stereocenters. The number of hydrogen-bond acceptors (Lipinski definition) is 0. The van der Waals surface area contributed by atoms with E-state index in [-0.39, 0.29) is 0 Å². The van der Waals surface area contributed by atoms with E-state index in [1.807, 2.05) is 0 Å². The van der Waals surface area contributed by atoms with Crippen LogP contribution in [-0.2, 0) is 0 Å². The van der Waals surface area contributed by atoms with Crippen molar-refractivity contribution in [2.45, 2.75) is 55.7 Å².